The summed E-state index contributed by atoms with van der Waals surface area (Å²) in [4.78, 5) is 29.9. The van der Waals surface area contributed by atoms with Gasteiger partial charge in [0.1, 0.15) is 17.3 Å². The molecular formula is C20H26N6O. The van der Waals surface area contributed by atoms with Crippen molar-refractivity contribution in [1.29, 1.82) is 0 Å². The average molecular weight is 366 g/mol. The number of hydrogen-bond acceptors (Lipinski definition) is 6. The van der Waals surface area contributed by atoms with E-state index in [2.05, 4.69) is 25.2 Å². The van der Waals surface area contributed by atoms with Gasteiger partial charge in [0, 0.05) is 38.4 Å². The Morgan fingerprint density at radius 3 is 2.44 bits per heavy atom. The molecule has 1 amide bonds. The Bertz CT molecular complexity index is 737. The van der Waals surface area contributed by atoms with E-state index in [0.717, 1.165) is 24.7 Å². The standard InChI is InChI=1S/C20H26N6O/c27-20(26-12-10-25(11-13-26)19-8-4-5-9-21-19)17-14-23-18(15-22-17)24-16-6-2-1-3-7-16/h4-5,8-9,14-16H,1-3,6-7,10-13H2,(H,23,24). The second kappa shape index (κ2) is 8.33. The Kier molecular flexibility index (Phi) is 5.46. The van der Waals surface area contributed by atoms with E-state index in [9.17, 15) is 4.79 Å². The van der Waals surface area contributed by atoms with Crippen LogP contribution in [0.15, 0.2) is 36.8 Å². The van der Waals surface area contributed by atoms with Gasteiger partial charge in [-0.2, -0.15) is 0 Å². The van der Waals surface area contributed by atoms with E-state index in [1.54, 1.807) is 18.6 Å². The molecule has 1 saturated carbocycles. The van der Waals surface area contributed by atoms with Gasteiger partial charge in [-0.3, -0.25) is 4.79 Å². The van der Waals surface area contributed by atoms with Crippen molar-refractivity contribution in [2.45, 2.75) is 38.1 Å². The van der Waals surface area contributed by atoms with E-state index in [-0.39, 0.29) is 5.91 Å². The Morgan fingerprint density at radius 2 is 1.78 bits per heavy atom. The van der Waals surface area contributed by atoms with Crippen molar-refractivity contribution in [2.24, 2.45) is 0 Å². The Morgan fingerprint density at radius 1 is 0.963 bits per heavy atom. The molecule has 0 aromatic carbocycles. The number of nitrogens with zero attached hydrogens (tertiary/aromatic N) is 5. The molecule has 2 aromatic rings. The highest BCUT2D eigenvalue weighted by atomic mass is 16.2. The van der Waals surface area contributed by atoms with Crippen molar-refractivity contribution in [1.82, 2.24) is 19.9 Å². The summed E-state index contributed by atoms with van der Waals surface area (Å²) in [7, 11) is 0. The summed E-state index contributed by atoms with van der Waals surface area (Å²) in [5.74, 6) is 1.67. The van der Waals surface area contributed by atoms with E-state index in [1.807, 2.05) is 23.1 Å². The summed E-state index contributed by atoms with van der Waals surface area (Å²) in [5, 5.41) is 3.44. The minimum Gasteiger partial charge on any atom is -0.366 e. The second-order valence-corrected chi connectivity index (χ2v) is 7.23. The molecular weight excluding hydrogens is 340 g/mol. The normalized spacial score (nSPS) is 18.4. The number of anilines is 2. The first-order valence-corrected chi connectivity index (χ1v) is 9.83. The van der Waals surface area contributed by atoms with Gasteiger partial charge in [0.15, 0.2) is 0 Å². The number of pyridine rings is 1. The molecule has 0 atom stereocenters. The predicted octanol–water partition coefficient (Wildman–Crippen LogP) is 2.58. The van der Waals surface area contributed by atoms with Crippen LogP contribution in [0.5, 0.6) is 0 Å². The van der Waals surface area contributed by atoms with Crippen LogP contribution in [0.25, 0.3) is 0 Å². The van der Waals surface area contributed by atoms with Crippen LogP contribution in [-0.4, -0.2) is 58.0 Å². The first kappa shape index (κ1) is 17.7. The van der Waals surface area contributed by atoms with Crippen molar-refractivity contribution >= 4 is 17.5 Å². The number of aromatic nitrogens is 3. The van der Waals surface area contributed by atoms with Gasteiger partial charge in [0.05, 0.1) is 12.4 Å². The number of amides is 1. The van der Waals surface area contributed by atoms with Gasteiger partial charge < -0.3 is 15.1 Å². The molecule has 1 aliphatic carbocycles. The summed E-state index contributed by atoms with van der Waals surface area (Å²) in [5.41, 5.74) is 0.412. The highest BCUT2D eigenvalue weighted by molar-refractivity contribution is 5.92. The lowest BCUT2D eigenvalue weighted by Gasteiger charge is -2.35. The number of piperazine rings is 1. The van der Waals surface area contributed by atoms with Gasteiger partial charge in [0.2, 0.25) is 0 Å². The first-order chi connectivity index (χ1) is 13.3. The molecule has 2 fully saturated rings. The monoisotopic (exact) mass is 366 g/mol. The molecule has 0 spiro atoms. The molecule has 7 nitrogen and oxygen atoms in total. The van der Waals surface area contributed by atoms with Gasteiger partial charge >= 0.3 is 0 Å². The number of nitrogens with one attached hydrogen (secondary N) is 1. The van der Waals surface area contributed by atoms with Crippen LogP contribution >= 0.6 is 0 Å². The lowest BCUT2D eigenvalue weighted by atomic mass is 9.96. The molecule has 0 radical (unpaired) electrons. The van der Waals surface area contributed by atoms with Crippen LogP contribution in [-0.2, 0) is 0 Å². The van der Waals surface area contributed by atoms with Gasteiger partial charge in [-0.25, -0.2) is 15.0 Å². The quantitative estimate of drug-likeness (QED) is 0.896. The smallest absolute Gasteiger partial charge is 0.274 e. The van der Waals surface area contributed by atoms with Gasteiger partial charge in [-0.1, -0.05) is 25.3 Å². The highest BCUT2D eigenvalue weighted by Crippen LogP contribution is 2.20. The Balaban J connectivity index is 1.32. The molecule has 1 aliphatic heterocycles. The van der Waals surface area contributed by atoms with Crippen molar-refractivity contribution in [3.63, 3.8) is 0 Å². The van der Waals surface area contributed by atoms with Crippen molar-refractivity contribution in [2.75, 3.05) is 36.4 Å². The summed E-state index contributed by atoms with van der Waals surface area (Å²) < 4.78 is 0. The maximum atomic E-state index is 12.7. The summed E-state index contributed by atoms with van der Waals surface area (Å²) in [6.07, 6.45) is 11.3. The van der Waals surface area contributed by atoms with Crippen molar-refractivity contribution in [3.05, 3.63) is 42.5 Å². The molecule has 0 unspecified atom stereocenters. The fraction of sp³-hybridized carbons (Fsp3) is 0.500. The lowest BCUT2D eigenvalue weighted by Crippen LogP contribution is -2.49. The number of carbonyl (C=O) groups is 1. The van der Waals surface area contributed by atoms with E-state index in [4.69, 9.17) is 0 Å². The number of hydrogen-bond donors (Lipinski definition) is 1. The summed E-state index contributed by atoms with van der Waals surface area (Å²) in [6, 6.07) is 6.38. The minimum absolute atomic E-state index is 0.0487. The fourth-order valence-corrected chi connectivity index (χ4v) is 3.81. The average Bonchev–Trinajstić information content (AvgIpc) is 2.75. The maximum absolute atomic E-state index is 12.7. The number of carbonyl (C=O) groups excluding carboxylic acids is 1. The molecule has 4 rings (SSSR count). The Hall–Kier alpha value is -2.70. The van der Waals surface area contributed by atoms with E-state index in [0.29, 0.717) is 24.8 Å². The predicted molar refractivity (Wildman–Crippen MR) is 105 cm³/mol. The molecule has 3 heterocycles. The zero-order valence-electron chi connectivity index (χ0n) is 15.5. The van der Waals surface area contributed by atoms with Gasteiger partial charge in [-0.15, -0.1) is 0 Å². The summed E-state index contributed by atoms with van der Waals surface area (Å²) >= 11 is 0. The Labute approximate surface area is 159 Å². The van der Waals surface area contributed by atoms with Crippen LogP contribution in [0.3, 0.4) is 0 Å². The zero-order valence-corrected chi connectivity index (χ0v) is 15.5. The molecule has 7 heteroatoms. The molecule has 0 bridgehead atoms. The topological polar surface area (TPSA) is 74.2 Å². The molecule has 1 saturated heterocycles. The van der Waals surface area contributed by atoms with Crippen LogP contribution in [0.2, 0.25) is 0 Å². The molecule has 27 heavy (non-hydrogen) atoms. The molecule has 142 valence electrons. The number of rotatable bonds is 4. The van der Waals surface area contributed by atoms with Crippen LogP contribution in [0, 0.1) is 0 Å². The first-order valence-electron chi connectivity index (χ1n) is 9.83. The largest absolute Gasteiger partial charge is 0.366 e. The van der Waals surface area contributed by atoms with Crippen LogP contribution < -0.4 is 10.2 Å². The third kappa shape index (κ3) is 4.35. The molecule has 2 aliphatic rings. The van der Waals surface area contributed by atoms with E-state index in [1.165, 1.54) is 32.1 Å². The van der Waals surface area contributed by atoms with Crippen LogP contribution in [0.4, 0.5) is 11.6 Å². The zero-order chi connectivity index (χ0) is 18.5. The maximum Gasteiger partial charge on any atom is 0.274 e. The SMILES string of the molecule is O=C(c1cnc(NC2CCCCC2)cn1)N1CCN(c2ccccn2)CC1. The van der Waals surface area contributed by atoms with Crippen molar-refractivity contribution in [3.8, 4) is 0 Å². The molecule has 1 N–H and O–H groups in total. The highest BCUT2D eigenvalue weighted by Gasteiger charge is 2.24. The van der Waals surface area contributed by atoms with E-state index < -0.39 is 0 Å². The second-order valence-electron chi connectivity index (χ2n) is 7.23. The third-order valence-corrected chi connectivity index (χ3v) is 5.37. The van der Waals surface area contributed by atoms with Gasteiger partial charge in [0.25, 0.3) is 5.91 Å². The third-order valence-electron chi connectivity index (χ3n) is 5.37. The van der Waals surface area contributed by atoms with E-state index >= 15 is 0 Å². The van der Waals surface area contributed by atoms with Crippen molar-refractivity contribution < 1.29 is 4.79 Å². The summed E-state index contributed by atoms with van der Waals surface area (Å²) in [6.45, 7) is 2.88. The van der Waals surface area contributed by atoms with Gasteiger partial charge in [-0.05, 0) is 25.0 Å². The minimum atomic E-state index is -0.0487. The van der Waals surface area contributed by atoms with Crippen LogP contribution in [0.1, 0.15) is 42.6 Å². The molecule has 2 aromatic heterocycles. The fourth-order valence-electron chi connectivity index (χ4n) is 3.81. The lowest BCUT2D eigenvalue weighted by molar-refractivity contribution is 0.0740.